The SMILES string of the molecule is COC(=O)c1cc(OC)nc(I)c1OC(F)(F)F. The summed E-state index contributed by atoms with van der Waals surface area (Å²) in [5.74, 6) is -1.71. The summed E-state index contributed by atoms with van der Waals surface area (Å²) in [5, 5.41) is 0. The van der Waals surface area contributed by atoms with E-state index in [0.717, 1.165) is 13.2 Å². The predicted octanol–water partition coefficient (Wildman–Crippen LogP) is 2.38. The van der Waals surface area contributed by atoms with Gasteiger partial charge in [0.2, 0.25) is 5.88 Å². The molecule has 18 heavy (non-hydrogen) atoms. The number of hydrogen-bond donors (Lipinski definition) is 0. The van der Waals surface area contributed by atoms with Gasteiger partial charge in [0.15, 0.2) is 5.75 Å². The van der Waals surface area contributed by atoms with Crippen LogP contribution >= 0.6 is 22.6 Å². The largest absolute Gasteiger partial charge is 0.573 e. The molecular weight excluding hydrogens is 370 g/mol. The number of esters is 1. The van der Waals surface area contributed by atoms with Crippen molar-refractivity contribution in [1.82, 2.24) is 4.98 Å². The Labute approximate surface area is 113 Å². The van der Waals surface area contributed by atoms with Crippen molar-refractivity contribution in [2.45, 2.75) is 6.36 Å². The first-order valence-corrected chi connectivity index (χ1v) is 5.45. The van der Waals surface area contributed by atoms with E-state index in [9.17, 15) is 18.0 Å². The molecular formula is C9H7F3INO4. The van der Waals surface area contributed by atoms with Crippen LogP contribution in [0.5, 0.6) is 11.6 Å². The van der Waals surface area contributed by atoms with Gasteiger partial charge in [-0.05, 0) is 22.6 Å². The van der Waals surface area contributed by atoms with Gasteiger partial charge in [-0.1, -0.05) is 0 Å². The van der Waals surface area contributed by atoms with Crippen LogP contribution in [0.2, 0.25) is 0 Å². The number of nitrogens with zero attached hydrogens (tertiary/aromatic N) is 1. The summed E-state index contributed by atoms with van der Waals surface area (Å²) in [7, 11) is 2.31. The van der Waals surface area contributed by atoms with E-state index in [1.165, 1.54) is 29.7 Å². The number of rotatable bonds is 3. The fraction of sp³-hybridized carbons (Fsp3) is 0.333. The van der Waals surface area contributed by atoms with Gasteiger partial charge in [0.05, 0.1) is 14.2 Å². The summed E-state index contributed by atoms with van der Waals surface area (Å²) < 4.78 is 49.4. The average molecular weight is 377 g/mol. The highest BCUT2D eigenvalue weighted by Gasteiger charge is 2.35. The van der Waals surface area contributed by atoms with Crippen molar-refractivity contribution in [3.8, 4) is 11.6 Å². The molecule has 0 aliphatic heterocycles. The molecule has 0 spiro atoms. The number of methoxy groups -OCH3 is 2. The summed E-state index contributed by atoms with van der Waals surface area (Å²) in [4.78, 5) is 15.1. The van der Waals surface area contributed by atoms with Crippen LogP contribution in [0, 0.1) is 3.70 Å². The topological polar surface area (TPSA) is 57.7 Å². The lowest BCUT2D eigenvalue weighted by atomic mass is 10.2. The van der Waals surface area contributed by atoms with Crippen LogP contribution in [-0.4, -0.2) is 31.5 Å². The van der Waals surface area contributed by atoms with Gasteiger partial charge in [0.1, 0.15) is 9.26 Å². The maximum absolute atomic E-state index is 12.2. The van der Waals surface area contributed by atoms with E-state index in [2.05, 4.69) is 14.5 Å². The van der Waals surface area contributed by atoms with Crippen molar-refractivity contribution < 1.29 is 32.2 Å². The smallest absolute Gasteiger partial charge is 0.481 e. The van der Waals surface area contributed by atoms with Gasteiger partial charge in [-0.15, -0.1) is 13.2 Å². The number of carbonyl (C=O) groups is 1. The predicted molar refractivity (Wildman–Crippen MR) is 61.5 cm³/mol. The molecule has 0 amide bonds. The molecule has 0 unspecified atom stereocenters. The molecule has 5 nitrogen and oxygen atoms in total. The Kier molecular flexibility index (Phi) is 4.59. The molecule has 0 N–H and O–H groups in total. The van der Waals surface area contributed by atoms with Crippen molar-refractivity contribution in [1.29, 1.82) is 0 Å². The van der Waals surface area contributed by atoms with E-state index in [0.29, 0.717) is 0 Å². The second-order valence-corrected chi connectivity index (χ2v) is 3.89. The van der Waals surface area contributed by atoms with Gasteiger partial charge in [-0.2, -0.15) is 0 Å². The fourth-order valence-electron chi connectivity index (χ4n) is 1.06. The second kappa shape index (κ2) is 5.59. The zero-order valence-corrected chi connectivity index (χ0v) is 11.3. The summed E-state index contributed by atoms with van der Waals surface area (Å²) >= 11 is 1.50. The number of ether oxygens (including phenoxy) is 3. The van der Waals surface area contributed by atoms with Crippen molar-refractivity contribution in [2.24, 2.45) is 0 Å². The maximum atomic E-state index is 12.2. The maximum Gasteiger partial charge on any atom is 0.573 e. The third kappa shape index (κ3) is 3.62. The second-order valence-electron chi connectivity index (χ2n) is 2.87. The molecule has 0 fully saturated rings. The minimum absolute atomic E-state index is 0.0191. The third-order valence-electron chi connectivity index (χ3n) is 1.74. The van der Waals surface area contributed by atoms with Crippen molar-refractivity contribution in [3.05, 3.63) is 15.3 Å². The van der Waals surface area contributed by atoms with E-state index >= 15 is 0 Å². The number of pyridine rings is 1. The summed E-state index contributed by atoms with van der Waals surface area (Å²) in [6, 6.07) is 1.01. The molecule has 1 rings (SSSR count). The normalized spacial score (nSPS) is 11.0. The van der Waals surface area contributed by atoms with Crippen molar-refractivity contribution in [2.75, 3.05) is 14.2 Å². The van der Waals surface area contributed by atoms with Gasteiger partial charge in [-0.25, -0.2) is 9.78 Å². The minimum Gasteiger partial charge on any atom is -0.481 e. The van der Waals surface area contributed by atoms with Crippen molar-refractivity contribution in [3.63, 3.8) is 0 Å². The zero-order valence-electron chi connectivity index (χ0n) is 9.17. The molecule has 1 heterocycles. The van der Waals surface area contributed by atoms with Crippen LogP contribution in [0.4, 0.5) is 13.2 Å². The first-order chi connectivity index (χ1) is 8.28. The Bertz CT molecular complexity index is 464. The highest BCUT2D eigenvalue weighted by atomic mass is 127. The lowest BCUT2D eigenvalue weighted by Crippen LogP contribution is -2.20. The molecule has 9 heteroatoms. The molecule has 0 aliphatic rings. The molecule has 0 bridgehead atoms. The Balaban J connectivity index is 3.33. The Morgan fingerprint density at radius 2 is 2.00 bits per heavy atom. The monoisotopic (exact) mass is 377 g/mol. The van der Waals surface area contributed by atoms with E-state index in [1.54, 1.807) is 0 Å². The number of carbonyl (C=O) groups excluding carboxylic acids is 1. The zero-order chi connectivity index (χ0) is 13.9. The van der Waals surface area contributed by atoms with Gasteiger partial charge < -0.3 is 14.2 Å². The third-order valence-corrected chi connectivity index (χ3v) is 2.47. The lowest BCUT2D eigenvalue weighted by molar-refractivity contribution is -0.275. The molecule has 0 saturated carbocycles. The first kappa shape index (κ1) is 14.8. The van der Waals surface area contributed by atoms with E-state index in [1.807, 2.05) is 0 Å². The molecule has 1 aromatic rings. The van der Waals surface area contributed by atoms with Crippen LogP contribution in [0.3, 0.4) is 0 Å². The van der Waals surface area contributed by atoms with Gasteiger partial charge in [0.25, 0.3) is 0 Å². The number of alkyl halides is 3. The van der Waals surface area contributed by atoms with Crippen molar-refractivity contribution >= 4 is 28.6 Å². The highest BCUT2D eigenvalue weighted by Crippen LogP contribution is 2.32. The minimum atomic E-state index is -4.93. The van der Waals surface area contributed by atoms with Gasteiger partial charge in [-0.3, -0.25) is 0 Å². The standard InChI is InChI=1S/C9H7F3INO4/c1-16-5-3-4(8(15)17-2)6(7(13)14-5)18-9(10,11)12/h3H,1-2H3. The lowest BCUT2D eigenvalue weighted by Gasteiger charge is -2.14. The Hall–Kier alpha value is -1.26. The van der Waals surface area contributed by atoms with Crippen LogP contribution in [0.25, 0.3) is 0 Å². The number of hydrogen-bond acceptors (Lipinski definition) is 5. The molecule has 0 aliphatic carbocycles. The molecule has 0 atom stereocenters. The van der Waals surface area contributed by atoms with Crippen LogP contribution < -0.4 is 9.47 Å². The first-order valence-electron chi connectivity index (χ1n) is 4.37. The van der Waals surface area contributed by atoms with Crippen LogP contribution in [0.15, 0.2) is 6.07 Å². The number of halogens is 4. The molecule has 0 radical (unpaired) electrons. The molecule has 0 aromatic carbocycles. The molecule has 100 valence electrons. The quantitative estimate of drug-likeness (QED) is 0.460. The average Bonchev–Trinajstić information content (AvgIpc) is 2.28. The molecule has 1 aromatic heterocycles. The fourth-order valence-corrected chi connectivity index (χ4v) is 1.70. The van der Waals surface area contributed by atoms with E-state index in [4.69, 9.17) is 4.74 Å². The van der Waals surface area contributed by atoms with Gasteiger partial charge >= 0.3 is 12.3 Å². The van der Waals surface area contributed by atoms with Gasteiger partial charge in [0, 0.05) is 6.07 Å². The summed E-state index contributed by atoms with van der Waals surface area (Å²) in [5.41, 5.74) is -0.411. The number of aromatic nitrogens is 1. The Morgan fingerprint density at radius 3 is 2.44 bits per heavy atom. The summed E-state index contributed by atoms with van der Waals surface area (Å²) in [6.07, 6.45) is -4.93. The summed E-state index contributed by atoms with van der Waals surface area (Å²) in [6.45, 7) is 0. The van der Waals surface area contributed by atoms with E-state index in [-0.39, 0.29) is 9.58 Å². The van der Waals surface area contributed by atoms with E-state index < -0.39 is 23.6 Å². The van der Waals surface area contributed by atoms with Crippen LogP contribution in [-0.2, 0) is 4.74 Å². The Morgan fingerprint density at radius 1 is 1.39 bits per heavy atom. The molecule has 0 saturated heterocycles. The highest BCUT2D eigenvalue weighted by molar-refractivity contribution is 14.1. The van der Waals surface area contributed by atoms with Crippen LogP contribution in [0.1, 0.15) is 10.4 Å².